The van der Waals surface area contributed by atoms with E-state index in [1.807, 2.05) is 31.2 Å². The number of nitrogen functional groups attached to an aromatic ring is 1. The van der Waals surface area contributed by atoms with Crippen molar-refractivity contribution in [2.45, 2.75) is 17.7 Å². The van der Waals surface area contributed by atoms with E-state index in [1.165, 1.54) is 11.8 Å². The zero-order valence-electron chi connectivity index (χ0n) is 10.7. The van der Waals surface area contributed by atoms with Crippen molar-refractivity contribution >= 4 is 23.4 Å². The highest BCUT2D eigenvalue weighted by atomic mass is 32.2. The van der Waals surface area contributed by atoms with Gasteiger partial charge < -0.3 is 0 Å². The van der Waals surface area contributed by atoms with E-state index in [4.69, 9.17) is 5.84 Å². The van der Waals surface area contributed by atoms with Crippen LogP contribution in [0.2, 0.25) is 0 Å². The number of nitrogens with one attached hydrogen (secondary N) is 1. The van der Waals surface area contributed by atoms with Crippen LogP contribution in [0.4, 0.5) is 11.6 Å². The Morgan fingerprint density at radius 1 is 1.50 bits per heavy atom. The summed E-state index contributed by atoms with van der Waals surface area (Å²) < 4.78 is 0. The summed E-state index contributed by atoms with van der Waals surface area (Å²) >= 11 is 1.28. The molecule has 0 atom stereocenters. The van der Waals surface area contributed by atoms with Crippen LogP contribution in [0.25, 0.3) is 0 Å². The summed E-state index contributed by atoms with van der Waals surface area (Å²) in [5.74, 6) is 5.96. The molecule has 3 N–H and O–H groups in total. The molecule has 0 amide bonds. The van der Waals surface area contributed by atoms with Crippen LogP contribution in [0.15, 0.2) is 35.5 Å². The van der Waals surface area contributed by atoms with E-state index in [0.29, 0.717) is 10.8 Å². The van der Waals surface area contributed by atoms with Gasteiger partial charge in [-0.1, -0.05) is 41.6 Å². The number of nitrogens with two attached hydrogens (primary N) is 1. The van der Waals surface area contributed by atoms with Crippen molar-refractivity contribution in [2.24, 2.45) is 5.84 Å². The van der Waals surface area contributed by atoms with Crippen LogP contribution in [-0.4, -0.2) is 14.9 Å². The number of hydrogen-bond donors (Lipinski definition) is 2. The van der Waals surface area contributed by atoms with Gasteiger partial charge in [0.05, 0.1) is 4.92 Å². The van der Waals surface area contributed by atoms with E-state index in [0.717, 1.165) is 17.3 Å². The molecular weight excluding hydrogens is 278 g/mol. The second-order valence-electron chi connectivity index (χ2n) is 4.06. The maximum atomic E-state index is 10.9. The predicted molar refractivity (Wildman–Crippen MR) is 77.2 cm³/mol. The lowest BCUT2D eigenvalue weighted by Gasteiger charge is -2.05. The molecule has 8 heteroatoms. The van der Waals surface area contributed by atoms with Gasteiger partial charge in [-0.3, -0.25) is 15.5 Å². The molecule has 0 bridgehead atoms. The lowest BCUT2D eigenvalue weighted by Crippen LogP contribution is -2.11. The lowest BCUT2D eigenvalue weighted by molar-refractivity contribution is -0.388. The average Bonchev–Trinajstić information content (AvgIpc) is 2.44. The van der Waals surface area contributed by atoms with E-state index in [-0.39, 0.29) is 11.6 Å². The Morgan fingerprint density at radius 3 is 2.95 bits per heavy atom. The van der Waals surface area contributed by atoms with E-state index >= 15 is 0 Å². The van der Waals surface area contributed by atoms with Crippen molar-refractivity contribution < 1.29 is 4.92 Å². The quantitative estimate of drug-likeness (QED) is 0.286. The molecule has 0 spiro atoms. The zero-order chi connectivity index (χ0) is 14.5. The van der Waals surface area contributed by atoms with Crippen LogP contribution in [0.5, 0.6) is 0 Å². The van der Waals surface area contributed by atoms with Crippen LogP contribution in [0.1, 0.15) is 11.1 Å². The first-order valence-electron chi connectivity index (χ1n) is 5.76. The van der Waals surface area contributed by atoms with E-state index in [9.17, 15) is 10.1 Å². The Hall–Kier alpha value is -2.19. The normalized spacial score (nSPS) is 10.3. The van der Waals surface area contributed by atoms with Crippen molar-refractivity contribution in [3.63, 3.8) is 0 Å². The van der Waals surface area contributed by atoms with Crippen LogP contribution in [-0.2, 0) is 5.75 Å². The molecule has 0 saturated carbocycles. The van der Waals surface area contributed by atoms with Gasteiger partial charge in [0, 0.05) is 5.75 Å². The molecular formula is C12H13N5O2S. The van der Waals surface area contributed by atoms with Crippen LogP contribution >= 0.6 is 11.8 Å². The van der Waals surface area contributed by atoms with Crippen molar-refractivity contribution in [2.75, 3.05) is 5.43 Å². The van der Waals surface area contributed by atoms with Crippen molar-refractivity contribution in [1.29, 1.82) is 0 Å². The molecule has 0 aliphatic carbocycles. The third-order valence-corrected chi connectivity index (χ3v) is 3.57. The topological polar surface area (TPSA) is 107 Å². The number of aryl methyl sites for hydroxylation is 1. The summed E-state index contributed by atoms with van der Waals surface area (Å²) in [7, 11) is 0. The maximum Gasteiger partial charge on any atom is 0.319 e. The molecule has 0 unspecified atom stereocenters. The van der Waals surface area contributed by atoms with Gasteiger partial charge in [0.2, 0.25) is 5.95 Å². The Bertz CT molecular complexity index is 635. The maximum absolute atomic E-state index is 10.9. The molecule has 2 aromatic rings. The van der Waals surface area contributed by atoms with Crippen molar-refractivity contribution in [3.05, 3.63) is 51.7 Å². The molecule has 1 aromatic carbocycles. The van der Waals surface area contributed by atoms with Crippen molar-refractivity contribution in [1.82, 2.24) is 9.97 Å². The van der Waals surface area contributed by atoms with Gasteiger partial charge in [0.25, 0.3) is 0 Å². The largest absolute Gasteiger partial charge is 0.319 e. The minimum Gasteiger partial charge on any atom is -0.292 e. The number of aromatic nitrogens is 2. The van der Waals surface area contributed by atoms with Gasteiger partial charge in [-0.05, 0) is 12.5 Å². The van der Waals surface area contributed by atoms with Gasteiger partial charge in [0.15, 0.2) is 5.03 Å². The molecule has 20 heavy (non-hydrogen) atoms. The average molecular weight is 291 g/mol. The molecule has 0 aliphatic rings. The Morgan fingerprint density at radius 2 is 2.30 bits per heavy atom. The third-order valence-electron chi connectivity index (χ3n) is 2.52. The third kappa shape index (κ3) is 3.43. The number of thioether (sulfide) groups is 1. The van der Waals surface area contributed by atoms with Gasteiger partial charge >= 0.3 is 5.69 Å². The minimum atomic E-state index is -0.501. The molecule has 7 nitrogen and oxygen atoms in total. The number of rotatable bonds is 5. The van der Waals surface area contributed by atoms with E-state index in [2.05, 4.69) is 15.4 Å². The Kier molecular flexibility index (Phi) is 4.49. The summed E-state index contributed by atoms with van der Waals surface area (Å²) in [6.07, 6.45) is 1.15. The summed E-state index contributed by atoms with van der Waals surface area (Å²) in [5.41, 5.74) is 4.38. The number of hydrogen-bond acceptors (Lipinski definition) is 7. The van der Waals surface area contributed by atoms with E-state index < -0.39 is 4.92 Å². The smallest absolute Gasteiger partial charge is 0.292 e. The fourth-order valence-corrected chi connectivity index (χ4v) is 2.52. The molecule has 0 fully saturated rings. The minimum absolute atomic E-state index is 0.123. The highest BCUT2D eigenvalue weighted by Crippen LogP contribution is 2.29. The first kappa shape index (κ1) is 14.2. The van der Waals surface area contributed by atoms with Gasteiger partial charge in [-0.2, -0.15) is 4.98 Å². The standard InChI is InChI=1S/C12H13N5O2S/c1-8-3-2-4-9(5-8)7-20-11-10(17(18)19)6-14-12(15-11)16-13/h2-6H,7,13H2,1H3,(H,14,15,16). The highest BCUT2D eigenvalue weighted by molar-refractivity contribution is 7.98. The first-order valence-corrected chi connectivity index (χ1v) is 6.75. The second-order valence-corrected chi connectivity index (χ2v) is 5.03. The summed E-state index contributed by atoms with van der Waals surface area (Å²) in [6, 6.07) is 7.95. The number of nitrogens with zero attached hydrogens (tertiary/aromatic N) is 3. The molecule has 0 radical (unpaired) electrons. The molecule has 1 heterocycles. The van der Waals surface area contributed by atoms with E-state index in [1.54, 1.807) is 0 Å². The van der Waals surface area contributed by atoms with Crippen LogP contribution in [0.3, 0.4) is 0 Å². The number of hydrazine groups is 1. The molecule has 1 aromatic heterocycles. The molecule has 0 aliphatic heterocycles. The number of anilines is 1. The molecule has 2 rings (SSSR count). The second kappa shape index (κ2) is 6.31. The summed E-state index contributed by atoms with van der Waals surface area (Å²) in [5, 5.41) is 11.2. The SMILES string of the molecule is Cc1cccc(CSc2nc(NN)ncc2[N+](=O)[O-])c1. The Balaban J connectivity index is 2.21. The van der Waals surface area contributed by atoms with Crippen molar-refractivity contribution in [3.8, 4) is 0 Å². The van der Waals surface area contributed by atoms with Crippen LogP contribution < -0.4 is 11.3 Å². The van der Waals surface area contributed by atoms with Gasteiger partial charge in [0.1, 0.15) is 6.20 Å². The monoisotopic (exact) mass is 291 g/mol. The number of benzene rings is 1. The summed E-state index contributed by atoms with van der Waals surface area (Å²) in [4.78, 5) is 18.2. The lowest BCUT2D eigenvalue weighted by atomic mass is 10.2. The van der Waals surface area contributed by atoms with Gasteiger partial charge in [-0.15, -0.1) is 0 Å². The molecule has 0 saturated heterocycles. The predicted octanol–water partition coefficient (Wildman–Crippen LogP) is 2.27. The highest BCUT2D eigenvalue weighted by Gasteiger charge is 2.17. The Labute approximate surface area is 119 Å². The molecule has 104 valence electrons. The first-order chi connectivity index (χ1) is 9.60. The fraction of sp³-hybridized carbons (Fsp3) is 0.167. The zero-order valence-corrected chi connectivity index (χ0v) is 11.6. The summed E-state index contributed by atoms with van der Waals surface area (Å²) in [6.45, 7) is 2.00. The fourth-order valence-electron chi connectivity index (χ4n) is 1.61. The van der Waals surface area contributed by atoms with Gasteiger partial charge in [-0.25, -0.2) is 10.8 Å². The van der Waals surface area contributed by atoms with Crippen LogP contribution in [0, 0.1) is 17.0 Å². The number of nitro groups is 1.